The van der Waals surface area contributed by atoms with Gasteiger partial charge in [0.2, 0.25) is 0 Å². The topological polar surface area (TPSA) is 66.8 Å². The zero-order valence-corrected chi connectivity index (χ0v) is 15.3. The van der Waals surface area contributed by atoms with E-state index in [0.29, 0.717) is 18.8 Å². The largest absolute Gasteiger partial charge is 0.454 e. The summed E-state index contributed by atoms with van der Waals surface area (Å²) in [4.78, 5) is 12.8. The fraction of sp³-hybridized carbons (Fsp3) is 0.850. The number of allylic oxidation sites excluding steroid dienone is 1. The van der Waals surface area contributed by atoms with Crippen LogP contribution < -0.4 is 0 Å². The molecule has 134 valence electrons. The molecule has 4 nitrogen and oxygen atoms in total. The minimum absolute atomic E-state index is 0.0188. The first-order valence-electron chi connectivity index (χ1n) is 9.46. The van der Waals surface area contributed by atoms with Crippen LogP contribution in [0.15, 0.2) is 11.6 Å². The van der Waals surface area contributed by atoms with Crippen molar-refractivity contribution in [3.05, 3.63) is 11.6 Å². The lowest BCUT2D eigenvalue weighted by atomic mass is 9.38. The Morgan fingerprint density at radius 3 is 2.58 bits per heavy atom. The summed E-state index contributed by atoms with van der Waals surface area (Å²) in [6.07, 6.45) is 5.71. The molecular weight excluding hydrogens is 304 g/mol. The highest BCUT2D eigenvalue weighted by Gasteiger charge is 2.84. The van der Waals surface area contributed by atoms with E-state index in [4.69, 9.17) is 4.74 Å². The van der Waals surface area contributed by atoms with Crippen molar-refractivity contribution in [2.75, 3.05) is 0 Å². The first-order valence-corrected chi connectivity index (χ1v) is 9.46. The zero-order chi connectivity index (χ0) is 17.5. The highest BCUT2D eigenvalue weighted by atomic mass is 16.6. The monoisotopic (exact) mass is 334 g/mol. The van der Waals surface area contributed by atoms with E-state index in [9.17, 15) is 15.0 Å². The number of carbonyl (C=O) groups excluding carboxylic acids is 1. The average Bonchev–Trinajstić information content (AvgIpc) is 2.49. The van der Waals surface area contributed by atoms with E-state index in [1.54, 1.807) is 0 Å². The van der Waals surface area contributed by atoms with Crippen LogP contribution in [0, 0.1) is 22.7 Å². The van der Waals surface area contributed by atoms with E-state index in [2.05, 4.69) is 27.7 Å². The molecule has 4 rings (SSSR count). The van der Waals surface area contributed by atoms with Crippen LogP contribution in [0.4, 0.5) is 0 Å². The van der Waals surface area contributed by atoms with Crippen molar-refractivity contribution in [1.29, 1.82) is 0 Å². The van der Waals surface area contributed by atoms with Crippen molar-refractivity contribution in [2.45, 2.75) is 83.5 Å². The summed E-state index contributed by atoms with van der Waals surface area (Å²) >= 11 is 0. The normalized spacial score (nSPS) is 49.3. The third-order valence-corrected chi connectivity index (χ3v) is 7.81. The van der Waals surface area contributed by atoms with Crippen LogP contribution in [0.2, 0.25) is 0 Å². The molecule has 0 radical (unpaired) electrons. The Morgan fingerprint density at radius 1 is 1.25 bits per heavy atom. The Kier molecular flexibility index (Phi) is 3.21. The van der Waals surface area contributed by atoms with Crippen LogP contribution in [0.25, 0.3) is 0 Å². The Morgan fingerprint density at radius 2 is 1.96 bits per heavy atom. The van der Waals surface area contributed by atoms with Crippen LogP contribution in [-0.2, 0) is 9.53 Å². The summed E-state index contributed by atoms with van der Waals surface area (Å²) in [5.74, 6) is 0.252. The lowest BCUT2D eigenvalue weighted by Crippen LogP contribution is -2.85. The van der Waals surface area contributed by atoms with Crippen LogP contribution in [-0.4, -0.2) is 33.5 Å². The van der Waals surface area contributed by atoms with Crippen LogP contribution in [0.1, 0.15) is 66.2 Å². The number of rotatable bonds is 1. The molecule has 4 heteroatoms. The van der Waals surface area contributed by atoms with Crippen LogP contribution in [0.3, 0.4) is 0 Å². The summed E-state index contributed by atoms with van der Waals surface area (Å²) in [5, 5.41) is 22.5. The third kappa shape index (κ3) is 1.60. The van der Waals surface area contributed by atoms with Crippen molar-refractivity contribution >= 4 is 5.97 Å². The summed E-state index contributed by atoms with van der Waals surface area (Å²) in [5.41, 5.74) is -1.86. The van der Waals surface area contributed by atoms with E-state index >= 15 is 0 Å². The number of carbonyl (C=O) groups is 1. The molecule has 0 aromatic carbocycles. The summed E-state index contributed by atoms with van der Waals surface area (Å²) in [6.45, 7) is 8.62. The van der Waals surface area contributed by atoms with Gasteiger partial charge in [-0.1, -0.05) is 39.7 Å². The molecule has 0 aromatic heterocycles. The van der Waals surface area contributed by atoms with Gasteiger partial charge in [-0.25, -0.2) is 0 Å². The van der Waals surface area contributed by atoms with Gasteiger partial charge in [-0.15, -0.1) is 0 Å². The van der Waals surface area contributed by atoms with Crippen LogP contribution in [0.5, 0.6) is 0 Å². The SMILES string of the molecule is CC(C)C1=C[C@]2(O)[C@H](O)C[C@H]3C(C)(C)CCC[C@@]34C(=O)O[C@]24CC1. The predicted molar refractivity (Wildman–Crippen MR) is 90.1 cm³/mol. The molecule has 1 heterocycles. The fourth-order valence-corrected chi connectivity index (χ4v) is 6.47. The molecule has 24 heavy (non-hydrogen) atoms. The van der Waals surface area contributed by atoms with Gasteiger partial charge in [0, 0.05) is 0 Å². The average molecular weight is 334 g/mol. The van der Waals surface area contributed by atoms with Crippen molar-refractivity contribution in [2.24, 2.45) is 22.7 Å². The van der Waals surface area contributed by atoms with E-state index in [-0.39, 0.29) is 17.3 Å². The van der Waals surface area contributed by atoms with Gasteiger partial charge >= 0.3 is 5.97 Å². The summed E-state index contributed by atoms with van der Waals surface area (Å²) < 4.78 is 5.80. The minimum atomic E-state index is -1.44. The quantitative estimate of drug-likeness (QED) is 0.571. The van der Waals surface area contributed by atoms with E-state index in [0.717, 1.165) is 31.3 Å². The molecule has 0 bridgehead atoms. The number of aliphatic hydroxyl groups is 2. The lowest BCUT2D eigenvalue weighted by Gasteiger charge is -2.73. The van der Waals surface area contributed by atoms with E-state index < -0.39 is 22.7 Å². The molecule has 2 saturated carbocycles. The van der Waals surface area contributed by atoms with Crippen LogP contribution >= 0.6 is 0 Å². The van der Waals surface area contributed by atoms with Gasteiger partial charge in [0.15, 0.2) is 5.60 Å². The van der Waals surface area contributed by atoms with Crippen molar-refractivity contribution in [3.8, 4) is 0 Å². The van der Waals surface area contributed by atoms with Crippen molar-refractivity contribution in [1.82, 2.24) is 0 Å². The molecular formula is C20H30O4. The van der Waals surface area contributed by atoms with E-state index in [1.807, 2.05) is 6.08 Å². The first kappa shape index (κ1) is 16.6. The van der Waals surface area contributed by atoms with E-state index in [1.165, 1.54) is 0 Å². The van der Waals surface area contributed by atoms with Gasteiger partial charge in [0.25, 0.3) is 0 Å². The highest BCUT2D eigenvalue weighted by molar-refractivity contribution is 5.87. The second kappa shape index (κ2) is 4.64. The summed E-state index contributed by atoms with van der Waals surface area (Å²) in [6, 6.07) is 0. The number of hydrogen-bond acceptors (Lipinski definition) is 4. The molecule has 5 atom stereocenters. The molecule has 0 unspecified atom stereocenters. The van der Waals surface area contributed by atoms with Gasteiger partial charge in [-0.3, -0.25) is 4.79 Å². The van der Waals surface area contributed by atoms with Crippen molar-refractivity contribution < 1.29 is 19.7 Å². The number of ether oxygens (including phenoxy) is 1. The molecule has 3 fully saturated rings. The molecule has 2 N–H and O–H groups in total. The number of hydrogen-bond donors (Lipinski definition) is 2. The first-order chi connectivity index (χ1) is 11.1. The molecule has 3 aliphatic carbocycles. The molecule has 2 spiro atoms. The smallest absolute Gasteiger partial charge is 0.317 e. The maximum atomic E-state index is 12.8. The predicted octanol–water partition coefficient (Wildman–Crippen LogP) is 2.97. The van der Waals surface area contributed by atoms with Gasteiger partial charge in [0.1, 0.15) is 11.0 Å². The minimum Gasteiger partial charge on any atom is -0.454 e. The Balaban J connectivity index is 1.89. The summed E-state index contributed by atoms with van der Waals surface area (Å²) in [7, 11) is 0. The van der Waals surface area contributed by atoms with Gasteiger partial charge in [-0.05, 0) is 55.4 Å². The van der Waals surface area contributed by atoms with Gasteiger partial charge in [0.05, 0.1) is 6.10 Å². The lowest BCUT2D eigenvalue weighted by molar-refractivity contribution is -0.356. The standard InChI is InChI=1S/C20H30O4/c1-12(2)13-6-9-20-18(16(22)24-20)8-5-7-17(3,4)14(18)10-15(21)19(20,23)11-13/h11-12,14-15,21,23H,5-10H2,1-4H3/t14-,15+,18-,19-,20-/m0/s1. The van der Waals surface area contributed by atoms with Gasteiger partial charge in [-0.2, -0.15) is 0 Å². The maximum Gasteiger partial charge on any atom is 0.317 e. The molecule has 4 aliphatic rings. The zero-order valence-electron chi connectivity index (χ0n) is 15.3. The molecule has 0 amide bonds. The molecule has 0 aromatic rings. The Bertz CT molecular complexity index is 621. The van der Waals surface area contributed by atoms with Crippen molar-refractivity contribution in [3.63, 3.8) is 0 Å². The highest BCUT2D eigenvalue weighted by Crippen LogP contribution is 2.72. The second-order valence-corrected chi connectivity index (χ2v) is 9.53. The second-order valence-electron chi connectivity index (χ2n) is 9.53. The molecule has 1 aliphatic heterocycles. The fourth-order valence-electron chi connectivity index (χ4n) is 6.47. The third-order valence-electron chi connectivity index (χ3n) is 7.81. The van der Waals surface area contributed by atoms with Gasteiger partial charge < -0.3 is 14.9 Å². The Hall–Kier alpha value is -0.870. The molecule has 1 saturated heterocycles. The number of esters is 1. The maximum absolute atomic E-state index is 12.8. The Labute approximate surface area is 144 Å². The number of aliphatic hydroxyl groups excluding tert-OH is 1.